The Morgan fingerprint density at radius 2 is 2.05 bits per heavy atom. The van der Waals surface area contributed by atoms with Gasteiger partial charge in [0.1, 0.15) is 6.33 Å². The molecule has 0 amide bonds. The second kappa shape index (κ2) is 6.47. The maximum absolute atomic E-state index is 5.89. The molecular formula is C11H17ClN8. The summed E-state index contributed by atoms with van der Waals surface area (Å²) in [5, 5.41) is 14.2. The molecule has 108 valence electrons. The van der Waals surface area contributed by atoms with E-state index in [1.807, 2.05) is 18.5 Å². The fourth-order valence-electron chi connectivity index (χ4n) is 1.67. The maximum atomic E-state index is 5.89. The van der Waals surface area contributed by atoms with Gasteiger partial charge in [0, 0.05) is 13.6 Å². The second-order valence-electron chi connectivity index (χ2n) is 4.34. The van der Waals surface area contributed by atoms with Gasteiger partial charge in [-0.05, 0) is 24.9 Å². The van der Waals surface area contributed by atoms with Crippen molar-refractivity contribution in [2.45, 2.75) is 26.3 Å². The van der Waals surface area contributed by atoms with Crippen molar-refractivity contribution in [3.63, 3.8) is 0 Å². The lowest BCUT2D eigenvalue weighted by molar-refractivity contribution is 0.711. The molecule has 0 aliphatic heterocycles. The Morgan fingerprint density at radius 3 is 2.70 bits per heavy atom. The summed E-state index contributed by atoms with van der Waals surface area (Å²) >= 11 is 5.89. The van der Waals surface area contributed by atoms with Crippen molar-refractivity contribution >= 4 is 23.5 Å². The van der Waals surface area contributed by atoms with Crippen LogP contribution in [0.3, 0.4) is 0 Å². The van der Waals surface area contributed by atoms with Gasteiger partial charge in [0.15, 0.2) is 5.82 Å². The summed E-state index contributed by atoms with van der Waals surface area (Å²) < 4.78 is 1.83. The molecule has 9 heteroatoms. The number of hydrogen-bond acceptors (Lipinski definition) is 7. The minimum Gasteiger partial charge on any atom is -0.354 e. The highest BCUT2D eigenvalue weighted by atomic mass is 35.5. The van der Waals surface area contributed by atoms with Crippen molar-refractivity contribution in [1.82, 2.24) is 29.7 Å². The summed E-state index contributed by atoms with van der Waals surface area (Å²) in [5.74, 6) is 1.64. The average molecular weight is 297 g/mol. The average Bonchev–Trinajstić information content (AvgIpc) is 2.82. The van der Waals surface area contributed by atoms with Crippen molar-refractivity contribution in [1.29, 1.82) is 0 Å². The van der Waals surface area contributed by atoms with E-state index in [0.29, 0.717) is 11.9 Å². The quantitative estimate of drug-likeness (QED) is 0.837. The van der Waals surface area contributed by atoms with Gasteiger partial charge in [-0.25, -0.2) is 0 Å². The second-order valence-corrected chi connectivity index (χ2v) is 4.68. The zero-order chi connectivity index (χ0) is 14.5. The highest BCUT2D eigenvalue weighted by Crippen LogP contribution is 2.16. The number of anilines is 2. The van der Waals surface area contributed by atoms with Crippen LogP contribution in [0.5, 0.6) is 0 Å². The molecule has 2 heterocycles. The standard InChI is InChI=1S/C11H17ClN8/c1-4-5-13-10-16-9(12)17-11(18-10)15-7(2)8-19-14-6-20(8)3/h6-7H,4-5H2,1-3H3,(H2,13,15,16,17,18). The molecule has 8 nitrogen and oxygen atoms in total. The van der Waals surface area contributed by atoms with Crippen LogP contribution in [0, 0.1) is 0 Å². The summed E-state index contributed by atoms with van der Waals surface area (Å²) in [6.07, 6.45) is 2.61. The first-order chi connectivity index (χ1) is 9.60. The highest BCUT2D eigenvalue weighted by molar-refractivity contribution is 6.28. The van der Waals surface area contributed by atoms with Crippen LogP contribution in [0.1, 0.15) is 32.1 Å². The van der Waals surface area contributed by atoms with E-state index in [4.69, 9.17) is 11.6 Å². The van der Waals surface area contributed by atoms with Gasteiger partial charge < -0.3 is 15.2 Å². The fourth-order valence-corrected chi connectivity index (χ4v) is 1.83. The van der Waals surface area contributed by atoms with Gasteiger partial charge in [-0.1, -0.05) is 6.92 Å². The number of hydrogen-bond donors (Lipinski definition) is 2. The van der Waals surface area contributed by atoms with E-state index in [1.165, 1.54) is 0 Å². The van der Waals surface area contributed by atoms with E-state index in [2.05, 4.69) is 42.7 Å². The SMILES string of the molecule is CCCNc1nc(Cl)nc(NC(C)c2nncn2C)n1. The van der Waals surface area contributed by atoms with Crippen LogP contribution in [0.2, 0.25) is 5.28 Å². The Labute approximate surface area is 122 Å². The topological polar surface area (TPSA) is 93.4 Å². The van der Waals surface area contributed by atoms with E-state index in [9.17, 15) is 0 Å². The van der Waals surface area contributed by atoms with Gasteiger partial charge >= 0.3 is 0 Å². The van der Waals surface area contributed by atoms with Crippen LogP contribution in [0.15, 0.2) is 6.33 Å². The van der Waals surface area contributed by atoms with Gasteiger partial charge in [0.05, 0.1) is 6.04 Å². The number of rotatable bonds is 6. The molecule has 0 bridgehead atoms. The third-order valence-corrected chi connectivity index (χ3v) is 2.79. The summed E-state index contributed by atoms with van der Waals surface area (Å²) in [7, 11) is 1.88. The Bertz CT molecular complexity index is 569. The van der Waals surface area contributed by atoms with Crippen molar-refractivity contribution in [3.05, 3.63) is 17.4 Å². The molecule has 20 heavy (non-hydrogen) atoms. The van der Waals surface area contributed by atoms with Crippen LogP contribution in [-0.4, -0.2) is 36.3 Å². The number of nitrogens with zero attached hydrogens (tertiary/aromatic N) is 6. The third-order valence-electron chi connectivity index (χ3n) is 2.62. The van der Waals surface area contributed by atoms with Crippen molar-refractivity contribution < 1.29 is 0 Å². The molecular weight excluding hydrogens is 280 g/mol. The lowest BCUT2D eigenvalue weighted by Gasteiger charge is -2.13. The zero-order valence-corrected chi connectivity index (χ0v) is 12.4. The summed E-state index contributed by atoms with van der Waals surface area (Å²) in [6.45, 7) is 4.78. The Balaban J connectivity index is 2.12. The normalized spacial score (nSPS) is 12.2. The van der Waals surface area contributed by atoms with Crippen LogP contribution in [0.4, 0.5) is 11.9 Å². The first-order valence-electron chi connectivity index (χ1n) is 6.36. The predicted octanol–water partition coefficient (Wildman–Crippen LogP) is 1.65. The van der Waals surface area contributed by atoms with Crippen molar-refractivity contribution in [2.24, 2.45) is 7.05 Å². The van der Waals surface area contributed by atoms with Crippen LogP contribution >= 0.6 is 11.6 Å². The molecule has 0 radical (unpaired) electrons. The molecule has 0 saturated carbocycles. The molecule has 1 unspecified atom stereocenters. The molecule has 2 aromatic rings. The van der Waals surface area contributed by atoms with Crippen molar-refractivity contribution in [3.8, 4) is 0 Å². The smallest absolute Gasteiger partial charge is 0.229 e. The predicted molar refractivity (Wildman–Crippen MR) is 76.7 cm³/mol. The molecule has 2 rings (SSSR count). The maximum Gasteiger partial charge on any atom is 0.229 e. The van der Waals surface area contributed by atoms with Crippen LogP contribution in [0.25, 0.3) is 0 Å². The molecule has 0 fully saturated rings. The molecule has 1 atom stereocenters. The van der Waals surface area contributed by atoms with E-state index < -0.39 is 0 Å². The fraction of sp³-hybridized carbons (Fsp3) is 0.545. The number of aromatic nitrogens is 6. The van der Waals surface area contributed by atoms with Crippen molar-refractivity contribution in [2.75, 3.05) is 17.2 Å². The molecule has 0 aliphatic carbocycles. The Morgan fingerprint density at radius 1 is 1.30 bits per heavy atom. The van der Waals surface area contributed by atoms with E-state index in [0.717, 1.165) is 18.8 Å². The molecule has 0 saturated heterocycles. The first-order valence-corrected chi connectivity index (χ1v) is 6.73. The lowest BCUT2D eigenvalue weighted by Crippen LogP contribution is -2.15. The summed E-state index contributed by atoms with van der Waals surface area (Å²) in [5.41, 5.74) is 0. The van der Waals surface area contributed by atoms with E-state index in [1.54, 1.807) is 6.33 Å². The third kappa shape index (κ3) is 3.53. The van der Waals surface area contributed by atoms with Gasteiger partial charge in [-0.2, -0.15) is 15.0 Å². The largest absolute Gasteiger partial charge is 0.354 e. The molecule has 0 spiro atoms. The van der Waals surface area contributed by atoms with E-state index >= 15 is 0 Å². The molecule has 2 aromatic heterocycles. The Hall–Kier alpha value is -1.96. The lowest BCUT2D eigenvalue weighted by atomic mass is 10.3. The minimum atomic E-state index is -0.0972. The first kappa shape index (κ1) is 14.4. The van der Waals surface area contributed by atoms with Gasteiger partial charge in [-0.3, -0.25) is 0 Å². The Kier molecular flexibility index (Phi) is 4.67. The summed E-state index contributed by atoms with van der Waals surface area (Å²) in [4.78, 5) is 12.3. The highest BCUT2D eigenvalue weighted by Gasteiger charge is 2.13. The zero-order valence-electron chi connectivity index (χ0n) is 11.6. The minimum absolute atomic E-state index is 0.0972. The number of halogens is 1. The van der Waals surface area contributed by atoms with Crippen LogP contribution in [-0.2, 0) is 7.05 Å². The number of nitrogens with one attached hydrogen (secondary N) is 2. The molecule has 0 aromatic carbocycles. The number of aryl methyl sites for hydroxylation is 1. The van der Waals surface area contributed by atoms with Gasteiger partial charge in [-0.15, -0.1) is 10.2 Å². The van der Waals surface area contributed by atoms with Gasteiger partial charge in [0.2, 0.25) is 17.2 Å². The molecule has 2 N–H and O–H groups in total. The van der Waals surface area contributed by atoms with Crippen LogP contribution < -0.4 is 10.6 Å². The summed E-state index contributed by atoms with van der Waals surface area (Å²) in [6, 6.07) is -0.0972. The molecule has 0 aliphatic rings. The van der Waals surface area contributed by atoms with E-state index in [-0.39, 0.29) is 11.3 Å². The van der Waals surface area contributed by atoms with Gasteiger partial charge in [0.25, 0.3) is 0 Å². The monoisotopic (exact) mass is 296 g/mol.